The van der Waals surface area contributed by atoms with Gasteiger partial charge in [-0.1, -0.05) is 249 Å². The molecular weight excluding hydrogens is 997 g/mol. The Labute approximate surface area is 480 Å². The zero-order chi connectivity index (χ0) is 55.8. The van der Waals surface area contributed by atoms with Gasteiger partial charge in [0.15, 0.2) is 11.2 Å². The van der Waals surface area contributed by atoms with Crippen LogP contribution in [-0.2, 0) is 12.8 Å². The molecule has 2 heterocycles. The van der Waals surface area contributed by atoms with Crippen LogP contribution in [0.25, 0.3) is 133 Å². The Balaban J connectivity index is 0.000000154. The van der Waals surface area contributed by atoms with Gasteiger partial charge in [-0.15, -0.1) is 0 Å². The van der Waals surface area contributed by atoms with Gasteiger partial charge < -0.3 is 8.83 Å². The fourth-order valence-electron chi connectivity index (χ4n) is 12.5. The second kappa shape index (κ2) is 22.3. The second-order valence-corrected chi connectivity index (χ2v) is 22.4. The molecular formula is C78H66N2O2. The van der Waals surface area contributed by atoms with Gasteiger partial charge in [0.2, 0.25) is 11.8 Å². The highest BCUT2D eigenvalue weighted by molar-refractivity contribution is 6.22. The van der Waals surface area contributed by atoms with Gasteiger partial charge in [0.25, 0.3) is 0 Å². The molecule has 0 unspecified atom stereocenters. The van der Waals surface area contributed by atoms with Gasteiger partial charge in [-0.25, -0.2) is 9.97 Å². The van der Waals surface area contributed by atoms with E-state index in [-0.39, 0.29) is 0 Å². The van der Waals surface area contributed by atoms with Crippen molar-refractivity contribution in [1.82, 2.24) is 9.97 Å². The molecule has 0 spiro atoms. The highest BCUT2D eigenvalue weighted by Crippen LogP contribution is 2.46. The average Bonchev–Trinajstić information content (AvgIpc) is 2.90. The van der Waals surface area contributed by atoms with E-state index in [2.05, 4.69) is 272 Å². The maximum absolute atomic E-state index is 6.48. The highest BCUT2D eigenvalue weighted by Gasteiger charge is 2.22. The standard InChI is InChI=1S/2C39H33NO/c1-24(2)29-22-23-30(25(3)4)38-37(29)40-39(41-38)28-20-18-27(19-21-28)36-33-16-10-8-14-31(33)35(26-12-6-5-7-13-26)32-15-9-11-17-34(32)36;1-3-12-29-24-35-36(25-30(29)13-4-2)41-39(40-35)28-22-20-27(21-23-28)38-33-18-10-8-16-31(33)37(26-14-6-5-7-15-26)32-17-9-11-19-34(32)38/h5-25H,1-4H3;5-11,14-25H,3-4,12-13H2,1-2H3. The van der Waals surface area contributed by atoms with E-state index in [1.54, 1.807) is 0 Å². The van der Waals surface area contributed by atoms with Crippen LogP contribution in [0.2, 0.25) is 0 Å². The summed E-state index contributed by atoms with van der Waals surface area (Å²) in [4.78, 5) is 9.94. The van der Waals surface area contributed by atoms with Gasteiger partial charge in [-0.3, -0.25) is 0 Å². The van der Waals surface area contributed by atoms with Crippen molar-refractivity contribution in [3.8, 4) is 67.4 Å². The predicted octanol–water partition coefficient (Wildman–Crippen LogP) is 22.4. The predicted molar refractivity (Wildman–Crippen MR) is 347 cm³/mol. The van der Waals surface area contributed by atoms with Crippen molar-refractivity contribution in [3.63, 3.8) is 0 Å². The molecule has 2 aromatic heterocycles. The number of hydrogen-bond acceptors (Lipinski definition) is 4. The van der Waals surface area contributed by atoms with Crippen molar-refractivity contribution in [1.29, 1.82) is 0 Å². The van der Waals surface area contributed by atoms with Crippen molar-refractivity contribution < 1.29 is 8.83 Å². The van der Waals surface area contributed by atoms with E-state index in [9.17, 15) is 0 Å². The minimum absolute atomic E-state index is 0.363. The Kier molecular flexibility index (Phi) is 14.1. The number of hydrogen-bond donors (Lipinski definition) is 0. The van der Waals surface area contributed by atoms with E-state index < -0.39 is 0 Å². The Morgan fingerprint density at radius 2 is 0.659 bits per heavy atom. The van der Waals surface area contributed by atoms with Crippen LogP contribution in [0.1, 0.15) is 88.5 Å². The van der Waals surface area contributed by atoms with E-state index in [4.69, 9.17) is 18.8 Å². The molecule has 12 aromatic carbocycles. The molecule has 4 heteroatoms. The van der Waals surface area contributed by atoms with Crippen LogP contribution in [0, 0.1) is 0 Å². The molecule has 14 aromatic rings. The van der Waals surface area contributed by atoms with Crippen LogP contribution in [0.15, 0.2) is 239 Å². The smallest absolute Gasteiger partial charge is 0.227 e. The molecule has 0 aliphatic rings. The summed E-state index contributed by atoms with van der Waals surface area (Å²) in [6.07, 6.45) is 4.40. The van der Waals surface area contributed by atoms with Crippen molar-refractivity contribution in [2.45, 2.75) is 79.1 Å². The van der Waals surface area contributed by atoms with Crippen LogP contribution >= 0.6 is 0 Å². The van der Waals surface area contributed by atoms with E-state index in [0.717, 1.165) is 59.0 Å². The van der Waals surface area contributed by atoms with Crippen molar-refractivity contribution in [2.75, 3.05) is 0 Å². The number of aryl methyl sites for hydroxylation is 2. The SMILES string of the molecule is CC(C)c1ccc(C(C)C)c2oc(-c3ccc(-c4c5ccccc5c(-c5ccccc5)c5ccccc45)cc3)nc12.CCCc1cc2nc(-c3ccc(-c4c5ccccc5c(-c5ccccc5)c5ccccc45)cc3)oc2cc1CCC. The molecule has 0 radical (unpaired) electrons. The third-order valence-corrected chi connectivity index (χ3v) is 16.4. The lowest BCUT2D eigenvalue weighted by Crippen LogP contribution is -1.94. The summed E-state index contributed by atoms with van der Waals surface area (Å²) in [6.45, 7) is 13.3. The third-order valence-electron chi connectivity index (χ3n) is 16.4. The number of oxazole rings is 2. The van der Waals surface area contributed by atoms with Gasteiger partial charge >= 0.3 is 0 Å². The van der Waals surface area contributed by atoms with E-state index >= 15 is 0 Å². The normalized spacial score (nSPS) is 11.7. The molecule has 0 aliphatic heterocycles. The first-order valence-corrected chi connectivity index (χ1v) is 29.3. The Morgan fingerprint density at radius 3 is 1.04 bits per heavy atom. The Morgan fingerprint density at radius 1 is 0.329 bits per heavy atom. The quantitative estimate of drug-likeness (QED) is 0.114. The van der Waals surface area contributed by atoms with Crippen LogP contribution in [0.5, 0.6) is 0 Å². The summed E-state index contributed by atoms with van der Waals surface area (Å²) >= 11 is 0. The van der Waals surface area contributed by atoms with Gasteiger partial charge in [-0.05, 0) is 171 Å². The van der Waals surface area contributed by atoms with Gasteiger partial charge in [0.05, 0.1) is 0 Å². The Bertz CT molecular complexity index is 4420. The van der Waals surface area contributed by atoms with Crippen LogP contribution < -0.4 is 0 Å². The summed E-state index contributed by atoms with van der Waals surface area (Å²) < 4.78 is 12.8. The summed E-state index contributed by atoms with van der Waals surface area (Å²) in [5.41, 5.74) is 20.8. The van der Waals surface area contributed by atoms with Crippen molar-refractivity contribution in [2.24, 2.45) is 0 Å². The Hall–Kier alpha value is -9.38. The second-order valence-electron chi connectivity index (χ2n) is 22.4. The molecule has 4 nitrogen and oxygen atoms in total. The third kappa shape index (κ3) is 9.52. The molecule has 0 amide bonds. The van der Waals surface area contributed by atoms with E-state index in [1.165, 1.54) is 110 Å². The summed E-state index contributed by atoms with van der Waals surface area (Å²) in [5.74, 6) is 2.09. The first-order chi connectivity index (χ1) is 40.3. The van der Waals surface area contributed by atoms with Crippen LogP contribution in [0.3, 0.4) is 0 Å². The zero-order valence-electron chi connectivity index (χ0n) is 47.6. The molecule has 0 fully saturated rings. The maximum Gasteiger partial charge on any atom is 0.227 e. The van der Waals surface area contributed by atoms with E-state index in [1.807, 2.05) is 0 Å². The lowest BCUT2D eigenvalue weighted by molar-refractivity contribution is 0.611. The van der Waals surface area contributed by atoms with Crippen molar-refractivity contribution in [3.05, 3.63) is 253 Å². The van der Waals surface area contributed by atoms with Gasteiger partial charge in [0, 0.05) is 11.1 Å². The largest absolute Gasteiger partial charge is 0.436 e. The first kappa shape index (κ1) is 52.0. The number of benzene rings is 12. The number of fused-ring (bicyclic) bond motifs is 6. The van der Waals surface area contributed by atoms with Crippen LogP contribution in [0.4, 0.5) is 0 Å². The summed E-state index contributed by atoms with van der Waals surface area (Å²) in [6, 6.07) is 82.9. The van der Waals surface area contributed by atoms with Crippen molar-refractivity contribution >= 4 is 65.3 Å². The molecule has 0 aliphatic carbocycles. The monoisotopic (exact) mass is 1060 g/mol. The molecule has 400 valence electrons. The molecule has 14 rings (SSSR count). The van der Waals surface area contributed by atoms with E-state index in [0.29, 0.717) is 23.6 Å². The van der Waals surface area contributed by atoms with Gasteiger partial charge in [0.1, 0.15) is 11.0 Å². The summed E-state index contributed by atoms with van der Waals surface area (Å²) in [7, 11) is 0. The molecule has 0 saturated carbocycles. The number of aromatic nitrogens is 2. The fourth-order valence-corrected chi connectivity index (χ4v) is 12.5. The molecule has 0 saturated heterocycles. The minimum Gasteiger partial charge on any atom is -0.436 e. The fraction of sp³-hybridized carbons (Fsp3) is 0.154. The van der Waals surface area contributed by atoms with Gasteiger partial charge in [-0.2, -0.15) is 0 Å². The molecule has 0 bridgehead atoms. The zero-order valence-corrected chi connectivity index (χ0v) is 47.6. The molecule has 0 N–H and O–H groups in total. The minimum atomic E-state index is 0.363. The molecule has 82 heavy (non-hydrogen) atoms. The topological polar surface area (TPSA) is 52.1 Å². The first-order valence-electron chi connectivity index (χ1n) is 29.3. The maximum atomic E-state index is 6.48. The summed E-state index contributed by atoms with van der Waals surface area (Å²) in [5, 5.41) is 10.1. The molecule has 0 atom stereocenters. The number of nitrogens with zero attached hydrogens (tertiary/aromatic N) is 2. The lowest BCUT2D eigenvalue weighted by atomic mass is 9.86. The average molecular weight is 1060 g/mol. The highest BCUT2D eigenvalue weighted by atomic mass is 16.4. The lowest BCUT2D eigenvalue weighted by Gasteiger charge is -2.17. The van der Waals surface area contributed by atoms with Crippen LogP contribution in [-0.4, -0.2) is 9.97 Å². The number of rotatable bonds is 12.